The number of aromatic nitrogens is 2. The number of carbonyl (C=O) groups excluding carboxylic acids is 2. The van der Waals surface area contributed by atoms with Gasteiger partial charge in [0.2, 0.25) is 11.8 Å². The number of benzene rings is 1. The number of hydrogen-bond donors (Lipinski definition) is 1. The molecule has 0 fully saturated rings. The molecule has 2 amide bonds. The molecule has 1 aliphatic heterocycles. The minimum atomic E-state index is -0.197. The van der Waals surface area contributed by atoms with E-state index in [1.165, 1.54) is 23.1 Å². The molecule has 1 aromatic heterocycles. The van der Waals surface area contributed by atoms with Gasteiger partial charge in [-0.15, -0.1) is 10.2 Å². The maximum atomic E-state index is 12.9. The number of fused-ring (bicyclic) bond motifs is 1. The van der Waals surface area contributed by atoms with Crippen molar-refractivity contribution < 1.29 is 9.59 Å². The molecule has 1 N–H and O–H groups in total. The van der Waals surface area contributed by atoms with E-state index in [4.69, 9.17) is 0 Å². The Balaban J connectivity index is 1.70. The van der Waals surface area contributed by atoms with E-state index in [-0.39, 0.29) is 30.0 Å². The van der Waals surface area contributed by atoms with Crippen molar-refractivity contribution in [2.75, 3.05) is 21.7 Å². The first-order chi connectivity index (χ1) is 12.6. The summed E-state index contributed by atoms with van der Waals surface area (Å²) in [7, 11) is 0. The Morgan fingerprint density at radius 3 is 2.81 bits per heavy atom. The molecular weight excluding hydrogens is 388 g/mol. The SMILES string of the molecule is CCCSc1nnc(SCC(=O)N2c3ccccc3NC(=O)C[C@H]2C)s1. The molecule has 1 aromatic carbocycles. The molecule has 1 aliphatic rings. The standard InChI is InChI=1S/C17H20N4O2S3/c1-3-8-24-16-19-20-17(26-16)25-10-15(23)21-11(2)9-14(22)18-12-6-4-5-7-13(12)21/h4-7,11H,3,8-10H2,1-2H3,(H,18,22)/t11-/m1/s1. The summed E-state index contributed by atoms with van der Waals surface area (Å²) in [6.45, 7) is 4.02. The third-order valence-corrected chi connectivity index (χ3v) is 7.15. The third kappa shape index (κ3) is 4.57. The Bertz CT molecular complexity index is 796. The average molecular weight is 409 g/mol. The lowest BCUT2D eigenvalue weighted by molar-refractivity contribution is -0.117. The van der Waals surface area contributed by atoms with Crippen molar-refractivity contribution >= 4 is 58.0 Å². The molecule has 0 aliphatic carbocycles. The molecule has 2 aromatic rings. The van der Waals surface area contributed by atoms with Gasteiger partial charge in [-0.05, 0) is 25.5 Å². The third-order valence-electron chi connectivity index (χ3n) is 3.76. The second-order valence-corrected chi connectivity index (χ2v) is 9.40. The van der Waals surface area contributed by atoms with Crippen LogP contribution in [-0.4, -0.2) is 39.6 Å². The molecule has 0 saturated heterocycles. The average Bonchev–Trinajstić information content (AvgIpc) is 3.02. The molecular formula is C17H20N4O2S3. The summed E-state index contributed by atoms with van der Waals surface area (Å²) >= 11 is 4.60. The van der Waals surface area contributed by atoms with Crippen molar-refractivity contribution in [2.45, 2.75) is 41.4 Å². The van der Waals surface area contributed by atoms with Crippen molar-refractivity contribution in [1.82, 2.24) is 10.2 Å². The summed E-state index contributed by atoms with van der Waals surface area (Å²) in [5.74, 6) is 1.17. The Morgan fingerprint density at radius 1 is 1.31 bits per heavy atom. The minimum absolute atomic E-state index is 0.0376. The molecule has 6 nitrogen and oxygen atoms in total. The Kier molecular flexibility index (Phi) is 6.55. The van der Waals surface area contributed by atoms with Gasteiger partial charge in [-0.3, -0.25) is 9.59 Å². The fraction of sp³-hybridized carbons (Fsp3) is 0.412. The van der Waals surface area contributed by atoms with E-state index in [0.29, 0.717) is 5.69 Å². The first kappa shape index (κ1) is 19.2. The molecule has 0 unspecified atom stereocenters. The number of nitrogens with one attached hydrogen (secondary N) is 1. The van der Waals surface area contributed by atoms with Crippen LogP contribution in [0, 0.1) is 0 Å². The van der Waals surface area contributed by atoms with Gasteiger partial charge in [0.05, 0.1) is 17.1 Å². The number of para-hydroxylation sites is 2. The number of amides is 2. The van der Waals surface area contributed by atoms with Crippen LogP contribution in [0.1, 0.15) is 26.7 Å². The zero-order chi connectivity index (χ0) is 18.5. The van der Waals surface area contributed by atoms with Crippen LogP contribution in [0.5, 0.6) is 0 Å². The van der Waals surface area contributed by atoms with Crippen LogP contribution in [-0.2, 0) is 9.59 Å². The highest BCUT2D eigenvalue weighted by Gasteiger charge is 2.29. The monoisotopic (exact) mass is 408 g/mol. The van der Waals surface area contributed by atoms with Crippen LogP contribution in [0.3, 0.4) is 0 Å². The van der Waals surface area contributed by atoms with Crippen LogP contribution >= 0.6 is 34.9 Å². The van der Waals surface area contributed by atoms with Gasteiger partial charge in [0, 0.05) is 18.2 Å². The van der Waals surface area contributed by atoms with E-state index < -0.39 is 0 Å². The van der Waals surface area contributed by atoms with E-state index in [9.17, 15) is 9.59 Å². The Hall–Kier alpha value is -1.58. The van der Waals surface area contributed by atoms with Crippen LogP contribution in [0.25, 0.3) is 0 Å². The molecule has 0 spiro atoms. The molecule has 1 atom stereocenters. The summed E-state index contributed by atoms with van der Waals surface area (Å²) in [5, 5.41) is 11.2. The molecule has 0 bridgehead atoms. The van der Waals surface area contributed by atoms with Gasteiger partial charge in [-0.2, -0.15) is 0 Å². The number of hydrogen-bond acceptors (Lipinski definition) is 7. The Morgan fingerprint density at radius 2 is 2.04 bits per heavy atom. The van der Waals surface area contributed by atoms with E-state index in [2.05, 4.69) is 22.4 Å². The Labute approximate surface area is 165 Å². The highest BCUT2D eigenvalue weighted by atomic mass is 32.2. The molecule has 3 rings (SSSR count). The van der Waals surface area contributed by atoms with Gasteiger partial charge in [0.15, 0.2) is 8.68 Å². The van der Waals surface area contributed by atoms with Crippen LogP contribution in [0.4, 0.5) is 11.4 Å². The van der Waals surface area contributed by atoms with Crippen molar-refractivity contribution in [3.8, 4) is 0 Å². The lowest BCUT2D eigenvalue weighted by atomic mass is 10.2. The van der Waals surface area contributed by atoms with Crippen molar-refractivity contribution in [2.24, 2.45) is 0 Å². The highest BCUT2D eigenvalue weighted by molar-refractivity contribution is 8.03. The second kappa shape index (κ2) is 8.88. The first-order valence-corrected chi connectivity index (χ1v) is 11.2. The van der Waals surface area contributed by atoms with Gasteiger partial charge in [0.25, 0.3) is 0 Å². The van der Waals surface area contributed by atoms with Gasteiger partial charge in [-0.1, -0.05) is 53.9 Å². The fourth-order valence-electron chi connectivity index (χ4n) is 2.66. The molecule has 2 heterocycles. The zero-order valence-electron chi connectivity index (χ0n) is 14.6. The summed E-state index contributed by atoms with van der Waals surface area (Å²) < 4.78 is 1.73. The quantitative estimate of drug-likeness (QED) is 0.731. The lowest BCUT2D eigenvalue weighted by Gasteiger charge is -2.27. The maximum Gasteiger partial charge on any atom is 0.237 e. The van der Waals surface area contributed by atoms with Crippen LogP contribution < -0.4 is 10.2 Å². The smallest absolute Gasteiger partial charge is 0.237 e. The number of anilines is 2. The number of rotatable bonds is 6. The van der Waals surface area contributed by atoms with E-state index in [1.54, 1.807) is 16.7 Å². The maximum absolute atomic E-state index is 12.9. The van der Waals surface area contributed by atoms with Gasteiger partial charge < -0.3 is 10.2 Å². The fourth-order valence-corrected chi connectivity index (χ4v) is 5.47. The van der Waals surface area contributed by atoms with Gasteiger partial charge >= 0.3 is 0 Å². The number of carbonyl (C=O) groups is 2. The molecule has 26 heavy (non-hydrogen) atoms. The van der Waals surface area contributed by atoms with Crippen LogP contribution in [0.2, 0.25) is 0 Å². The lowest BCUT2D eigenvalue weighted by Crippen LogP contribution is -2.40. The number of nitrogens with zero attached hydrogens (tertiary/aromatic N) is 3. The highest BCUT2D eigenvalue weighted by Crippen LogP contribution is 2.33. The van der Waals surface area contributed by atoms with Crippen molar-refractivity contribution in [1.29, 1.82) is 0 Å². The summed E-state index contributed by atoms with van der Waals surface area (Å²) in [6, 6.07) is 7.21. The largest absolute Gasteiger partial charge is 0.324 e. The predicted octanol–water partition coefficient (Wildman–Crippen LogP) is 3.90. The first-order valence-electron chi connectivity index (χ1n) is 8.38. The van der Waals surface area contributed by atoms with Crippen molar-refractivity contribution in [3.63, 3.8) is 0 Å². The van der Waals surface area contributed by atoms with E-state index >= 15 is 0 Å². The number of thioether (sulfide) groups is 2. The molecule has 138 valence electrons. The van der Waals surface area contributed by atoms with Gasteiger partial charge in [-0.25, -0.2) is 0 Å². The summed E-state index contributed by atoms with van der Waals surface area (Å²) in [6.07, 6.45) is 1.37. The van der Waals surface area contributed by atoms with Gasteiger partial charge in [0.1, 0.15) is 0 Å². The zero-order valence-corrected chi connectivity index (χ0v) is 17.0. The van der Waals surface area contributed by atoms with E-state index in [1.807, 2.05) is 31.2 Å². The second-order valence-electron chi connectivity index (χ2n) is 5.85. The minimum Gasteiger partial charge on any atom is -0.324 e. The molecule has 0 saturated carbocycles. The molecule has 0 radical (unpaired) electrons. The topological polar surface area (TPSA) is 75.2 Å². The van der Waals surface area contributed by atoms with E-state index in [0.717, 1.165) is 26.5 Å². The normalized spacial score (nSPS) is 16.8. The van der Waals surface area contributed by atoms with Crippen molar-refractivity contribution in [3.05, 3.63) is 24.3 Å². The van der Waals surface area contributed by atoms with Crippen LogP contribution in [0.15, 0.2) is 32.9 Å². The summed E-state index contributed by atoms with van der Waals surface area (Å²) in [4.78, 5) is 26.6. The molecule has 9 heteroatoms. The summed E-state index contributed by atoms with van der Waals surface area (Å²) in [5.41, 5.74) is 1.42. The predicted molar refractivity (Wildman–Crippen MR) is 108 cm³/mol.